The second-order valence-electron chi connectivity index (χ2n) is 16.9. The quantitative estimate of drug-likeness (QED) is 0.167. The Bertz CT molecular complexity index is 2500. The fourth-order valence-electron chi connectivity index (χ4n) is 10.6. The molecule has 3 aliphatic rings. The smallest absolute Gasteiger partial charge is 0.0546 e. The third-order valence-electron chi connectivity index (χ3n) is 13.4. The average molecular weight is 702 g/mol. The van der Waals surface area contributed by atoms with Crippen LogP contribution in [0.5, 0.6) is 0 Å². The van der Waals surface area contributed by atoms with Crippen molar-refractivity contribution in [2.75, 3.05) is 4.90 Å². The predicted molar refractivity (Wildman–Crippen MR) is 231 cm³/mol. The molecule has 7 aromatic rings. The van der Waals surface area contributed by atoms with Crippen LogP contribution in [0.15, 0.2) is 140 Å². The second-order valence-corrected chi connectivity index (χ2v) is 16.9. The van der Waals surface area contributed by atoms with Gasteiger partial charge in [-0.15, -0.1) is 0 Å². The highest BCUT2D eigenvalue weighted by Crippen LogP contribution is 2.54. The first-order valence-electron chi connectivity index (χ1n) is 20.7. The summed E-state index contributed by atoms with van der Waals surface area (Å²) in [6.45, 7) is 4.82. The van der Waals surface area contributed by atoms with Gasteiger partial charge in [0.2, 0.25) is 0 Å². The Labute approximate surface area is 321 Å². The van der Waals surface area contributed by atoms with Crippen molar-refractivity contribution in [3.05, 3.63) is 162 Å². The first kappa shape index (κ1) is 33.4. The molecule has 0 atom stereocenters. The van der Waals surface area contributed by atoms with Crippen LogP contribution in [0.3, 0.4) is 0 Å². The molecule has 0 amide bonds. The molecule has 0 N–H and O–H groups in total. The fourth-order valence-corrected chi connectivity index (χ4v) is 10.6. The molecule has 54 heavy (non-hydrogen) atoms. The summed E-state index contributed by atoms with van der Waals surface area (Å²) in [5.74, 6) is 1.24. The molecule has 2 fully saturated rings. The topological polar surface area (TPSA) is 3.24 Å². The highest BCUT2D eigenvalue weighted by atomic mass is 15.1. The van der Waals surface area contributed by atoms with Crippen molar-refractivity contribution in [1.29, 1.82) is 0 Å². The van der Waals surface area contributed by atoms with Gasteiger partial charge in [-0.3, -0.25) is 0 Å². The van der Waals surface area contributed by atoms with E-state index in [9.17, 15) is 0 Å². The summed E-state index contributed by atoms with van der Waals surface area (Å²) in [7, 11) is 0. The van der Waals surface area contributed by atoms with Gasteiger partial charge in [0, 0.05) is 22.4 Å². The maximum Gasteiger partial charge on any atom is 0.0546 e. The Morgan fingerprint density at radius 3 is 1.87 bits per heavy atom. The lowest BCUT2D eigenvalue weighted by atomic mass is 9.79. The predicted octanol–water partition coefficient (Wildman–Crippen LogP) is 15.5. The molecule has 0 radical (unpaired) electrons. The van der Waals surface area contributed by atoms with Crippen molar-refractivity contribution in [2.24, 2.45) is 0 Å². The molecule has 10 rings (SSSR count). The summed E-state index contributed by atoms with van der Waals surface area (Å²) in [4.78, 5) is 2.68. The summed E-state index contributed by atoms with van der Waals surface area (Å²) < 4.78 is 0. The molecule has 268 valence electrons. The van der Waals surface area contributed by atoms with Crippen molar-refractivity contribution >= 4 is 38.6 Å². The molecule has 0 bridgehead atoms. The van der Waals surface area contributed by atoms with Gasteiger partial charge in [-0.05, 0) is 122 Å². The van der Waals surface area contributed by atoms with Gasteiger partial charge in [0.05, 0.1) is 5.69 Å². The van der Waals surface area contributed by atoms with Gasteiger partial charge in [0.25, 0.3) is 0 Å². The van der Waals surface area contributed by atoms with Crippen LogP contribution in [-0.2, 0) is 5.41 Å². The molecule has 0 heterocycles. The molecule has 1 heteroatoms. The first-order valence-corrected chi connectivity index (χ1v) is 20.7. The standard InChI is InChI=1S/C53H51N/c1-53(2)48-27-14-13-25-44(48)45-31-30-41(35-49(45)53)54(50-32-29-40(36-16-5-3-6-17-36)34-47(50)38-18-7-4-8-19-38)51-33-28-39-21-10-12-24-43(39)52(51)46-26-15-22-37-20-9-11-23-42(37)46/h9-15,20-36,38H,3-8,16-19H2,1-2H3. The van der Waals surface area contributed by atoms with Crippen molar-refractivity contribution in [1.82, 2.24) is 0 Å². The van der Waals surface area contributed by atoms with Gasteiger partial charge in [0.1, 0.15) is 0 Å². The summed E-state index contributed by atoms with van der Waals surface area (Å²) >= 11 is 0. The number of nitrogens with zero attached hydrogens (tertiary/aromatic N) is 1. The SMILES string of the molecule is CC1(C)c2ccccc2-c2ccc(N(c3ccc(C4CCCCC4)cc3C3CCCCC3)c3ccc4ccccc4c3-c3cccc4ccccc34)cc21. The average Bonchev–Trinajstić information content (AvgIpc) is 3.46. The second kappa shape index (κ2) is 13.6. The lowest BCUT2D eigenvalue weighted by molar-refractivity contribution is 0.436. The van der Waals surface area contributed by atoms with E-state index in [-0.39, 0.29) is 5.41 Å². The Kier molecular flexibility index (Phi) is 8.43. The Balaban J connectivity index is 1.27. The van der Waals surface area contributed by atoms with Crippen LogP contribution >= 0.6 is 0 Å². The van der Waals surface area contributed by atoms with E-state index in [4.69, 9.17) is 0 Å². The number of benzene rings is 7. The van der Waals surface area contributed by atoms with Crippen molar-refractivity contribution in [3.63, 3.8) is 0 Å². The largest absolute Gasteiger partial charge is 0.310 e. The summed E-state index contributed by atoms with van der Waals surface area (Å²) in [5.41, 5.74) is 15.0. The van der Waals surface area contributed by atoms with E-state index in [1.54, 1.807) is 11.1 Å². The van der Waals surface area contributed by atoms with Crippen LogP contribution < -0.4 is 4.90 Å². The van der Waals surface area contributed by atoms with Crippen LogP contribution in [0.2, 0.25) is 0 Å². The molecule has 0 saturated heterocycles. The maximum atomic E-state index is 2.68. The Morgan fingerprint density at radius 1 is 0.463 bits per heavy atom. The lowest BCUT2D eigenvalue weighted by Crippen LogP contribution is -2.19. The molecular weight excluding hydrogens is 651 g/mol. The summed E-state index contributed by atoms with van der Waals surface area (Å²) in [6.07, 6.45) is 13.3. The van der Waals surface area contributed by atoms with E-state index in [2.05, 4.69) is 158 Å². The number of rotatable bonds is 6. The minimum absolute atomic E-state index is 0.0908. The molecule has 3 aliphatic carbocycles. The fraction of sp³-hybridized carbons (Fsp3) is 0.283. The highest BCUT2D eigenvalue weighted by Gasteiger charge is 2.36. The van der Waals surface area contributed by atoms with Crippen LogP contribution in [0.1, 0.15) is 112 Å². The number of hydrogen-bond donors (Lipinski definition) is 0. The molecule has 0 aromatic heterocycles. The van der Waals surface area contributed by atoms with E-state index in [0.29, 0.717) is 11.8 Å². The van der Waals surface area contributed by atoms with E-state index >= 15 is 0 Å². The Morgan fingerprint density at radius 2 is 1.07 bits per heavy atom. The van der Waals surface area contributed by atoms with Gasteiger partial charge in [0.15, 0.2) is 0 Å². The van der Waals surface area contributed by atoms with Gasteiger partial charge in [-0.25, -0.2) is 0 Å². The normalized spacial score (nSPS) is 17.1. The third-order valence-corrected chi connectivity index (χ3v) is 13.4. The van der Waals surface area contributed by atoms with Crippen LogP contribution in [0.25, 0.3) is 43.8 Å². The first-order chi connectivity index (χ1) is 26.6. The molecule has 0 aliphatic heterocycles. The number of fused-ring (bicyclic) bond motifs is 5. The van der Waals surface area contributed by atoms with E-state index in [0.717, 1.165) is 0 Å². The zero-order valence-corrected chi connectivity index (χ0v) is 32.0. The van der Waals surface area contributed by atoms with Gasteiger partial charge < -0.3 is 4.90 Å². The number of hydrogen-bond acceptors (Lipinski definition) is 1. The number of anilines is 3. The molecular formula is C53H51N. The monoisotopic (exact) mass is 701 g/mol. The summed E-state index contributed by atoms with van der Waals surface area (Å²) in [6, 6.07) is 53.7. The van der Waals surface area contributed by atoms with Crippen LogP contribution in [0, 0.1) is 0 Å². The zero-order valence-electron chi connectivity index (χ0n) is 32.0. The van der Waals surface area contributed by atoms with Gasteiger partial charge in [-0.2, -0.15) is 0 Å². The molecule has 7 aromatic carbocycles. The van der Waals surface area contributed by atoms with Crippen LogP contribution in [-0.4, -0.2) is 0 Å². The van der Waals surface area contributed by atoms with Crippen molar-refractivity contribution < 1.29 is 0 Å². The third kappa shape index (κ3) is 5.58. The van der Waals surface area contributed by atoms with Gasteiger partial charge >= 0.3 is 0 Å². The van der Waals surface area contributed by atoms with E-state index in [1.165, 1.54) is 136 Å². The van der Waals surface area contributed by atoms with Gasteiger partial charge in [-0.1, -0.05) is 168 Å². The highest BCUT2D eigenvalue weighted by molar-refractivity contribution is 6.11. The Hall–Kier alpha value is -5.14. The maximum absolute atomic E-state index is 2.68. The van der Waals surface area contributed by atoms with E-state index < -0.39 is 0 Å². The summed E-state index contributed by atoms with van der Waals surface area (Å²) in [5, 5.41) is 5.14. The molecule has 1 nitrogen and oxygen atoms in total. The lowest BCUT2D eigenvalue weighted by Gasteiger charge is -2.35. The van der Waals surface area contributed by atoms with Crippen LogP contribution in [0.4, 0.5) is 17.1 Å². The zero-order chi connectivity index (χ0) is 36.2. The van der Waals surface area contributed by atoms with Crippen molar-refractivity contribution in [2.45, 2.75) is 95.3 Å². The minimum Gasteiger partial charge on any atom is -0.310 e. The molecule has 0 spiro atoms. The molecule has 2 saturated carbocycles. The molecule has 0 unspecified atom stereocenters. The minimum atomic E-state index is -0.0908. The van der Waals surface area contributed by atoms with Crippen molar-refractivity contribution in [3.8, 4) is 22.3 Å². The van der Waals surface area contributed by atoms with E-state index in [1.807, 2.05) is 0 Å².